The van der Waals surface area contributed by atoms with E-state index in [4.69, 9.17) is 0 Å². The second-order valence-corrected chi connectivity index (χ2v) is 3.20. The van der Waals surface area contributed by atoms with Crippen molar-refractivity contribution in [3.63, 3.8) is 0 Å². The zero-order chi connectivity index (χ0) is 6.69. The first-order valence-electron chi connectivity index (χ1n) is 3.43. The minimum atomic E-state index is 1.24. The summed E-state index contributed by atoms with van der Waals surface area (Å²) in [5.74, 6) is 0. The number of likely N-dealkylation sites (tertiary alicyclic amines) is 1. The average Bonchev–Trinajstić information content (AvgIpc) is 2.37. The number of allylic oxidation sites excluding steroid dienone is 1. The van der Waals surface area contributed by atoms with Crippen LogP contribution in [0.2, 0.25) is 0 Å². The van der Waals surface area contributed by atoms with Gasteiger partial charge in [0.15, 0.2) is 0 Å². The van der Waals surface area contributed by atoms with Crippen LogP contribution in [-0.2, 0) is 0 Å². The SMILES string of the molecule is C/C=C(\[Se-])N1CCCC1. The van der Waals surface area contributed by atoms with E-state index < -0.39 is 0 Å². The fraction of sp³-hybridized carbons (Fsp3) is 0.714. The van der Waals surface area contributed by atoms with Gasteiger partial charge in [-0.05, 0) is 0 Å². The Bertz CT molecular complexity index is 114. The standard InChI is InChI=1S/C7H13NSe/c1-2-7(9)8-5-3-4-6-8/h2,9H,3-6H2,1H3/p-1/b7-2-. The molecule has 0 aliphatic carbocycles. The van der Waals surface area contributed by atoms with Crippen LogP contribution in [0, 0.1) is 0 Å². The van der Waals surface area contributed by atoms with Crippen LogP contribution in [0.15, 0.2) is 10.7 Å². The van der Waals surface area contributed by atoms with E-state index in [9.17, 15) is 0 Å². The van der Waals surface area contributed by atoms with Gasteiger partial charge in [0.2, 0.25) is 0 Å². The van der Waals surface area contributed by atoms with Gasteiger partial charge in [-0.3, -0.25) is 0 Å². The van der Waals surface area contributed by atoms with Crippen LogP contribution in [0.25, 0.3) is 0 Å². The van der Waals surface area contributed by atoms with Crippen molar-refractivity contribution in [2.24, 2.45) is 0 Å². The summed E-state index contributed by atoms with van der Waals surface area (Å²) in [7, 11) is 0. The van der Waals surface area contributed by atoms with Crippen LogP contribution in [0.3, 0.4) is 0 Å². The normalized spacial score (nSPS) is 21.0. The minimum absolute atomic E-state index is 1.24. The predicted molar refractivity (Wildman–Crippen MR) is 40.3 cm³/mol. The van der Waals surface area contributed by atoms with E-state index in [2.05, 4.69) is 33.9 Å². The summed E-state index contributed by atoms with van der Waals surface area (Å²) in [4.78, 5) is 2.39. The van der Waals surface area contributed by atoms with E-state index in [1.165, 1.54) is 30.5 Å². The first kappa shape index (κ1) is 7.17. The monoisotopic (exact) mass is 190 g/mol. The van der Waals surface area contributed by atoms with E-state index >= 15 is 0 Å². The second kappa shape index (κ2) is 3.28. The summed E-state index contributed by atoms with van der Waals surface area (Å²) in [6.45, 7) is 4.56. The summed E-state index contributed by atoms with van der Waals surface area (Å²) in [6, 6.07) is 0. The Morgan fingerprint density at radius 2 is 2.00 bits per heavy atom. The van der Waals surface area contributed by atoms with Crippen LogP contribution in [0.4, 0.5) is 0 Å². The molecule has 1 nitrogen and oxygen atoms in total. The predicted octanol–water partition coefficient (Wildman–Crippen LogP) is 1.11. The maximum absolute atomic E-state index is 3.06. The average molecular weight is 189 g/mol. The van der Waals surface area contributed by atoms with Crippen molar-refractivity contribution in [1.29, 1.82) is 0 Å². The molecule has 1 aliphatic rings. The van der Waals surface area contributed by atoms with Crippen LogP contribution in [-0.4, -0.2) is 34.0 Å². The van der Waals surface area contributed by atoms with Crippen molar-refractivity contribution in [1.82, 2.24) is 4.90 Å². The Kier molecular flexibility index (Phi) is 2.62. The molecule has 0 unspecified atom stereocenters. The van der Waals surface area contributed by atoms with Gasteiger partial charge in [-0.25, -0.2) is 0 Å². The van der Waals surface area contributed by atoms with E-state index in [1.54, 1.807) is 0 Å². The molecule has 0 bridgehead atoms. The molecule has 9 heavy (non-hydrogen) atoms. The molecule has 1 saturated heterocycles. The van der Waals surface area contributed by atoms with E-state index in [-0.39, 0.29) is 0 Å². The summed E-state index contributed by atoms with van der Waals surface area (Å²) < 4.78 is 1.31. The Hall–Kier alpha value is 0.0595. The van der Waals surface area contributed by atoms with Crippen LogP contribution in [0.1, 0.15) is 19.8 Å². The van der Waals surface area contributed by atoms with Crippen molar-refractivity contribution < 1.29 is 0 Å². The van der Waals surface area contributed by atoms with Gasteiger partial charge in [-0.15, -0.1) is 0 Å². The van der Waals surface area contributed by atoms with Gasteiger partial charge in [0, 0.05) is 0 Å². The summed E-state index contributed by atoms with van der Waals surface area (Å²) in [5, 5.41) is 0. The van der Waals surface area contributed by atoms with E-state index in [0.717, 1.165) is 0 Å². The topological polar surface area (TPSA) is 3.24 Å². The molecule has 2 heteroatoms. The van der Waals surface area contributed by atoms with Crippen molar-refractivity contribution in [3.05, 3.63) is 10.7 Å². The van der Waals surface area contributed by atoms with Crippen molar-refractivity contribution in [3.8, 4) is 0 Å². The number of rotatable bonds is 1. The third-order valence-electron chi connectivity index (χ3n) is 1.66. The van der Waals surface area contributed by atoms with Crippen LogP contribution >= 0.6 is 0 Å². The van der Waals surface area contributed by atoms with Gasteiger partial charge in [0.05, 0.1) is 0 Å². The van der Waals surface area contributed by atoms with Crippen LogP contribution in [0.5, 0.6) is 0 Å². The number of nitrogens with zero attached hydrogens (tertiary/aromatic N) is 1. The second-order valence-electron chi connectivity index (χ2n) is 2.32. The van der Waals surface area contributed by atoms with Crippen molar-refractivity contribution in [2.75, 3.05) is 13.1 Å². The molecule has 1 fully saturated rings. The first-order valence-corrected chi connectivity index (χ1v) is 4.28. The fourth-order valence-corrected chi connectivity index (χ4v) is 1.50. The number of hydrogen-bond donors (Lipinski definition) is 0. The summed E-state index contributed by atoms with van der Waals surface area (Å²) in [6.07, 6.45) is 4.85. The Labute approximate surface area is 64.9 Å². The van der Waals surface area contributed by atoms with Gasteiger partial charge in [-0.2, -0.15) is 0 Å². The van der Waals surface area contributed by atoms with Crippen molar-refractivity contribution >= 4 is 16.0 Å². The first-order chi connectivity index (χ1) is 4.34. The van der Waals surface area contributed by atoms with E-state index in [0.29, 0.717) is 0 Å². The molecule has 0 aromatic heterocycles. The third kappa shape index (κ3) is 1.74. The molecule has 1 heterocycles. The molecule has 0 spiro atoms. The molecule has 0 aromatic carbocycles. The molecule has 0 aromatic rings. The Balaban J connectivity index is 2.42. The molecule has 1 aliphatic heterocycles. The third-order valence-corrected chi connectivity index (χ3v) is 2.70. The van der Waals surface area contributed by atoms with Gasteiger partial charge < -0.3 is 0 Å². The molecule has 52 valence electrons. The Morgan fingerprint density at radius 3 is 2.44 bits per heavy atom. The Morgan fingerprint density at radius 1 is 1.44 bits per heavy atom. The quantitative estimate of drug-likeness (QED) is 0.558. The molecular formula is C7H12NSe-. The molecule has 0 amide bonds. The summed E-state index contributed by atoms with van der Waals surface area (Å²) in [5.41, 5.74) is 0. The zero-order valence-corrected chi connectivity index (χ0v) is 7.47. The van der Waals surface area contributed by atoms with Gasteiger partial charge in [-0.1, -0.05) is 0 Å². The number of hydrogen-bond acceptors (Lipinski definition) is 1. The van der Waals surface area contributed by atoms with E-state index in [1.807, 2.05) is 0 Å². The fourth-order valence-electron chi connectivity index (χ4n) is 1.12. The molecule has 1 rings (SSSR count). The van der Waals surface area contributed by atoms with Crippen molar-refractivity contribution in [2.45, 2.75) is 19.8 Å². The molecule has 0 N–H and O–H groups in total. The van der Waals surface area contributed by atoms with Gasteiger partial charge in [0.1, 0.15) is 0 Å². The maximum atomic E-state index is 3.06. The summed E-state index contributed by atoms with van der Waals surface area (Å²) >= 11 is 3.06. The molecule has 0 saturated carbocycles. The van der Waals surface area contributed by atoms with Crippen LogP contribution < -0.4 is 0 Å². The van der Waals surface area contributed by atoms with Gasteiger partial charge in [0.25, 0.3) is 0 Å². The molecular weight excluding hydrogens is 177 g/mol. The zero-order valence-electron chi connectivity index (χ0n) is 5.76. The molecule has 0 atom stereocenters. The molecule has 0 radical (unpaired) electrons. The van der Waals surface area contributed by atoms with Gasteiger partial charge >= 0.3 is 64.4 Å².